The summed E-state index contributed by atoms with van der Waals surface area (Å²) >= 11 is 1.70. The molecule has 2 amide bonds. The number of H-pyrrole nitrogens is 1. The lowest BCUT2D eigenvalue weighted by Gasteiger charge is -2.40. The van der Waals surface area contributed by atoms with Crippen molar-refractivity contribution in [2.24, 2.45) is 0 Å². The molecule has 5 rings (SSSR count). The zero-order valence-corrected chi connectivity index (χ0v) is 22.9. The van der Waals surface area contributed by atoms with E-state index in [2.05, 4.69) is 36.8 Å². The van der Waals surface area contributed by atoms with Gasteiger partial charge in [-0.1, -0.05) is 6.07 Å². The second kappa shape index (κ2) is 11.4. The summed E-state index contributed by atoms with van der Waals surface area (Å²) in [6.45, 7) is 8.74. The summed E-state index contributed by atoms with van der Waals surface area (Å²) in [5.41, 5.74) is 4.15. The minimum atomic E-state index is -0.168. The van der Waals surface area contributed by atoms with Crippen molar-refractivity contribution in [3.05, 3.63) is 70.2 Å². The number of thiophene rings is 1. The molecule has 0 saturated carbocycles. The van der Waals surface area contributed by atoms with Crippen LogP contribution < -0.4 is 5.32 Å². The van der Waals surface area contributed by atoms with Gasteiger partial charge in [0.05, 0.1) is 11.6 Å². The summed E-state index contributed by atoms with van der Waals surface area (Å²) in [4.78, 5) is 36.3. The van der Waals surface area contributed by atoms with Gasteiger partial charge in [-0.3, -0.25) is 24.6 Å². The predicted molar refractivity (Wildman–Crippen MR) is 151 cm³/mol. The molecule has 1 aliphatic heterocycles. The van der Waals surface area contributed by atoms with E-state index in [-0.39, 0.29) is 23.9 Å². The summed E-state index contributed by atoms with van der Waals surface area (Å²) in [5, 5.41) is 13.8. The van der Waals surface area contributed by atoms with Gasteiger partial charge >= 0.3 is 0 Å². The molecule has 9 heteroatoms. The Morgan fingerprint density at radius 2 is 2.00 bits per heavy atom. The quantitative estimate of drug-likeness (QED) is 0.347. The molecule has 0 radical (unpaired) electrons. The fraction of sp³-hybridized carbons (Fsp3) is 0.379. The number of hydrogen-bond acceptors (Lipinski definition) is 6. The Balaban J connectivity index is 1.33. The van der Waals surface area contributed by atoms with Gasteiger partial charge < -0.3 is 10.2 Å². The molecule has 4 aromatic rings. The van der Waals surface area contributed by atoms with Crippen LogP contribution in [0.2, 0.25) is 0 Å². The summed E-state index contributed by atoms with van der Waals surface area (Å²) in [6, 6.07) is 13.5. The SMILES string of the molecule is CCN(CC)C(=O)C1CCC(NC(=O)c2ccc3[nH]nc(-c4ccnc(C)c4)c3c2)CN1Cc1cccs1. The van der Waals surface area contributed by atoms with Crippen LogP contribution in [0, 0.1) is 6.92 Å². The number of rotatable bonds is 8. The molecule has 38 heavy (non-hydrogen) atoms. The molecule has 2 N–H and O–H groups in total. The third-order valence-electron chi connectivity index (χ3n) is 7.31. The molecule has 1 fully saturated rings. The molecule has 2 unspecified atom stereocenters. The average molecular weight is 531 g/mol. The van der Waals surface area contributed by atoms with E-state index in [9.17, 15) is 9.59 Å². The number of nitrogens with zero attached hydrogens (tertiary/aromatic N) is 4. The van der Waals surface area contributed by atoms with E-state index in [1.807, 2.05) is 62.1 Å². The number of benzene rings is 1. The highest BCUT2D eigenvalue weighted by molar-refractivity contribution is 7.09. The molecular weight excluding hydrogens is 496 g/mol. The van der Waals surface area contributed by atoms with Gasteiger partial charge in [0.25, 0.3) is 5.91 Å². The molecular formula is C29H34N6O2S. The van der Waals surface area contributed by atoms with E-state index in [1.54, 1.807) is 17.5 Å². The van der Waals surface area contributed by atoms with Gasteiger partial charge in [-0.2, -0.15) is 5.10 Å². The van der Waals surface area contributed by atoms with Gasteiger partial charge in [-0.05, 0) is 75.4 Å². The predicted octanol–water partition coefficient (Wildman–Crippen LogP) is 4.63. The lowest BCUT2D eigenvalue weighted by molar-refractivity contribution is -0.138. The molecule has 3 aromatic heterocycles. The largest absolute Gasteiger partial charge is 0.348 e. The molecule has 4 heterocycles. The van der Waals surface area contributed by atoms with Crippen molar-refractivity contribution < 1.29 is 9.59 Å². The normalized spacial score (nSPS) is 18.0. The third-order valence-corrected chi connectivity index (χ3v) is 8.17. The van der Waals surface area contributed by atoms with Crippen LogP contribution in [0.4, 0.5) is 0 Å². The molecule has 0 spiro atoms. The van der Waals surface area contributed by atoms with Gasteiger partial charge in [0.15, 0.2) is 0 Å². The Morgan fingerprint density at radius 3 is 2.74 bits per heavy atom. The summed E-state index contributed by atoms with van der Waals surface area (Å²) in [6.07, 6.45) is 3.25. The Labute approximate surface area is 227 Å². The highest BCUT2D eigenvalue weighted by Crippen LogP contribution is 2.28. The number of carbonyl (C=O) groups excluding carboxylic acids is 2. The van der Waals surface area contributed by atoms with Gasteiger partial charge in [-0.25, -0.2) is 0 Å². The lowest BCUT2D eigenvalue weighted by Crippen LogP contribution is -2.56. The second-order valence-corrected chi connectivity index (χ2v) is 10.8. The molecule has 0 aliphatic carbocycles. The van der Waals surface area contributed by atoms with E-state index in [1.165, 1.54) is 4.88 Å². The Morgan fingerprint density at radius 1 is 1.16 bits per heavy atom. The molecule has 8 nitrogen and oxygen atoms in total. The van der Waals surface area contributed by atoms with E-state index < -0.39 is 0 Å². The second-order valence-electron chi connectivity index (χ2n) is 9.80. The molecule has 1 aromatic carbocycles. The molecule has 0 bridgehead atoms. The van der Waals surface area contributed by atoms with E-state index in [4.69, 9.17) is 0 Å². The lowest BCUT2D eigenvalue weighted by atomic mass is 9.96. The number of piperidine rings is 1. The maximum Gasteiger partial charge on any atom is 0.251 e. The number of carbonyl (C=O) groups is 2. The van der Waals surface area contributed by atoms with Crippen LogP contribution in [0.5, 0.6) is 0 Å². The standard InChI is InChI=1S/C29H34N6O2S/c1-4-34(5-2)29(37)26-11-9-22(17-35(26)18-23-7-6-14-38-23)31-28(36)21-8-10-25-24(16-21)27(33-32-25)20-12-13-30-19(3)15-20/h6-8,10,12-16,22,26H,4-5,9,11,17-18H2,1-3H3,(H,31,36)(H,32,33). The minimum Gasteiger partial charge on any atom is -0.348 e. The van der Waals surface area contributed by atoms with Crippen LogP contribution in [0.25, 0.3) is 22.2 Å². The van der Waals surface area contributed by atoms with Crippen molar-refractivity contribution in [1.82, 2.24) is 30.3 Å². The number of likely N-dealkylation sites (tertiary alicyclic amines) is 1. The zero-order valence-electron chi connectivity index (χ0n) is 22.1. The van der Waals surface area contributed by atoms with Gasteiger partial charge in [-0.15, -0.1) is 11.3 Å². The van der Waals surface area contributed by atoms with Crippen molar-refractivity contribution in [3.63, 3.8) is 0 Å². The first-order valence-electron chi connectivity index (χ1n) is 13.2. The average Bonchev–Trinajstić information content (AvgIpc) is 3.59. The topological polar surface area (TPSA) is 94.2 Å². The molecule has 1 saturated heterocycles. The Kier molecular flexibility index (Phi) is 7.85. The van der Waals surface area contributed by atoms with E-state index >= 15 is 0 Å². The van der Waals surface area contributed by atoms with Crippen molar-refractivity contribution >= 4 is 34.1 Å². The highest BCUT2D eigenvalue weighted by Gasteiger charge is 2.35. The van der Waals surface area contributed by atoms with E-state index in [0.29, 0.717) is 31.7 Å². The number of nitrogens with one attached hydrogen (secondary N) is 2. The Hall–Kier alpha value is -3.56. The number of hydrogen-bond donors (Lipinski definition) is 2. The maximum absolute atomic E-state index is 13.4. The summed E-state index contributed by atoms with van der Waals surface area (Å²) in [5.74, 6) is 0.0696. The van der Waals surface area contributed by atoms with Crippen LogP contribution in [-0.2, 0) is 11.3 Å². The van der Waals surface area contributed by atoms with Crippen molar-refractivity contribution in [2.45, 2.75) is 52.2 Å². The summed E-state index contributed by atoms with van der Waals surface area (Å²) in [7, 11) is 0. The van der Waals surface area contributed by atoms with Gasteiger partial charge in [0, 0.05) is 65.5 Å². The number of fused-ring (bicyclic) bond motifs is 1. The van der Waals surface area contributed by atoms with Crippen LogP contribution in [0.3, 0.4) is 0 Å². The number of amides is 2. The smallest absolute Gasteiger partial charge is 0.251 e. The highest BCUT2D eigenvalue weighted by atomic mass is 32.1. The minimum absolute atomic E-state index is 0.0365. The monoisotopic (exact) mass is 530 g/mol. The van der Waals surface area contributed by atoms with Crippen molar-refractivity contribution in [3.8, 4) is 11.3 Å². The van der Waals surface area contributed by atoms with Crippen molar-refractivity contribution in [2.75, 3.05) is 19.6 Å². The molecule has 1 aliphatic rings. The van der Waals surface area contributed by atoms with Crippen LogP contribution >= 0.6 is 11.3 Å². The first-order valence-corrected chi connectivity index (χ1v) is 14.1. The van der Waals surface area contributed by atoms with Crippen LogP contribution in [-0.4, -0.2) is 68.5 Å². The number of pyridine rings is 1. The van der Waals surface area contributed by atoms with Gasteiger partial charge in [0.1, 0.15) is 5.69 Å². The number of aromatic nitrogens is 3. The molecule has 2 atom stereocenters. The number of likely N-dealkylation sites (N-methyl/N-ethyl adjacent to an activating group) is 1. The van der Waals surface area contributed by atoms with E-state index in [0.717, 1.165) is 40.7 Å². The maximum atomic E-state index is 13.4. The first-order chi connectivity index (χ1) is 18.5. The van der Waals surface area contributed by atoms with Crippen LogP contribution in [0.15, 0.2) is 54.0 Å². The number of aromatic amines is 1. The fourth-order valence-corrected chi connectivity index (χ4v) is 6.03. The zero-order chi connectivity index (χ0) is 26.6. The summed E-state index contributed by atoms with van der Waals surface area (Å²) < 4.78 is 0. The van der Waals surface area contributed by atoms with Crippen LogP contribution in [0.1, 0.15) is 47.6 Å². The van der Waals surface area contributed by atoms with Crippen molar-refractivity contribution in [1.29, 1.82) is 0 Å². The Bertz CT molecular complexity index is 1410. The first kappa shape index (κ1) is 26.1. The fourth-order valence-electron chi connectivity index (χ4n) is 5.30. The third kappa shape index (κ3) is 5.49. The molecule has 198 valence electrons. The van der Waals surface area contributed by atoms with Gasteiger partial charge in [0.2, 0.25) is 5.91 Å². The number of aryl methyl sites for hydroxylation is 1.